The minimum absolute atomic E-state index is 0.276. The van der Waals surface area contributed by atoms with Gasteiger partial charge in [-0.05, 0) is 17.7 Å². The molecule has 0 aliphatic carbocycles. The molecule has 1 aromatic rings. The Bertz CT molecular complexity index is 463. The molecule has 1 aromatic carbocycles. The molecule has 7 nitrogen and oxygen atoms in total. The topological polar surface area (TPSA) is 70.8 Å². The molecule has 0 spiro atoms. The molecule has 144 valence electrons. The van der Waals surface area contributed by atoms with Crippen molar-refractivity contribution < 1.29 is 33.7 Å². The van der Waals surface area contributed by atoms with Crippen LogP contribution in [-0.2, 0) is 20.8 Å². The first kappa shape index (κ1) is 21.7. The summed E-state index contributed by atoms with van der Waals surface area (Å²) in [7, 11) is 6.56. The van der Waals surface area contributed by atoms with Gasteiger partial charge in [0, 0.05) is 14.2 Å². The monoisotopic (exact) mass is 358 g/mol. The van der Waals surface area contributed by atoms with Gasteiger partial charge in [0.05, 0.1) is 40.6 Å². The van der Waals surface area contributed by atoms with Gasteiger partial charge in [-0.25, -0.2) is 0 Å². The second-order valence-corrected chi connectivity index (χ2v) is 5.80. The zero-order valence-electron chi connectivity index (χ0n) is 15.7. The van der Waals surface area contributed by atoms with E-state index in [4.69, 9.17) is 23.7 Å². The Hall–Kier alpha value is -1.38. The van der Waals surface area contributed by atoms with E-state index in [0.29, 0.717) is 37.9 Å². The summed E-state index contributed by atoms with van der Waals surface area (Å²) in [6.07, 6.45) is -0.538. The fourth-order valence-corrected chi connectivity index (χ4v) is 2.50. The molecule has 1 rings (SSSR count). The third-order valence-electron chi connectivity index (χ3n) is 3.87. The third kappa shape index (κ3) is 8.51. The molecule has 0 fully saturated rings. The summed E-state index contributed by atoms with van der Waals surface area (Å²) >= 11 is 0. The van der Waals surface area contributed by atoms with Crippen LogP contribution in [0.2, 0.25) is 0 Å². The molecule has 0 unspecified atom stereocenters. The molecule has 0 aliphatic rings. The predicted molar refractivity (Wildman–Crippen MR) is 94.5 cm³/mol. The van der Waals surface area contributed by atoms with Crippen LogP contribution in [0, 0.1) is 0 Å². The lowest BCUT2D eigenvalue weighted by atomic mass is 10.2. The summed E-state index contributed by atoms with van der Waals surface area (Å²) in [5.41, 5.74) is 0.966. The van der Waals surface area contributed by atoms with E-state index in [1.807, 2.05) is 18.2 Å². The van der Waals surface area contributed by atoms with Crippen molar-refractivity contribution in [2.24, 2.45) is 0 Å². The van der Waals surface area contributed by atoms with E-state index in [0.717, 1.165) is 18.7 Å². The van der Waals surface area contributed by atoms with Gasteiger partial charge in [0.2, 0.25) is 0 Å². The van der Waals surface area contributed by atoms with Crippen LogP contribution in [0.1, 0.15) is 5.56 Å². The number of aliphatic hydroxyl groups is 1. The summed E-state index contributed by atoms with van der Waals surface area (Å²) in [5.74, 6) is 1.35. The number of hydrogen-bond donors (Lipinski definition) is 2. The highest BCUT2D eigenvalue weighted by molar-refractivity contribution is 5.42. The molecule has 2 N–H and O–H groups in total. The van der Waals surface area contributed by atoms with Crippen molar-refractivity contribution in [3.05, 3.63) is 23.8 Å². The van der Waals surface area contributed by atoms with Crippen molar-refractivity contribution in [1.29, 1.82) is 0 Å². The van der Waals surface area contributed by atoms with E-state index in [9.17, 15) is 5.11 Å². The molecule has 0 saturated carbocycles. The number of hydrogen-bond acceptors (Lipinski definition) is 6. The summed E-state index contributed by atoms with van der Waals surface area (Å²) in [6, 6.07) is 5.64. The Balaban J connectivity index is 2.40. The normalized spacial score (nSPS) is 12.4. The third-order valence-corrected chi connectivity index (χ3v) is 3.87. The van der Waals surface area contributed by atoms with Gasteiger partial charge in [-0.3, -0.25) is 0 Å². The van der Waals surface area contributed by atoms with Crippen LogP contribution in [0.15, 0.2) is 18.2 Å². The Labute approximate surface area is 150 Å². The largest absolute Gasteiger partial charge is 0.493 e. The van der Waals surface area contributed by atoms with Gasteiger partial charge in [0.1, 0.15) is 25.7 Å². The maximum atomic E-state index is 10.2. The van der Waals surface area contributed by atoms with Crippen molar-refractivity contribution in [3.63, 3.8) is 0 Å². The number of benzene rings is 1. The summed E-state index contributed by atoms with van der Waals surface area (Å²) < 4.78 is 26.4. The van der Waals surface area contributed by atoms with Crippen molar-refractivity contribution in [2.45, 2.75) is 12.7 Å². The standard InChI is InChI=1S/C18H31NO6/c1-21-9-7-19(8-10-22-2)12-16(20)14-25-13-15-5-6-17(23-3)18(11-15)24-4/h5-6,11,16,20H,7-10,12-14H2,1-4H3/p+1/t16-/m1/s1. The highest BCUT2D eigenvalue weighted by Crippen LogP contribution is 2.27. The maximum absolute atomic E-state index is 10.2. The molecule has 0 heterocycles. The maximum Gasteiger partial charge on any atom is 0.161 e. The van der Waals surface area contributed by atoms with Crippen LogP contribution >= 0.6 is 0 Å². The number of nitrogens with one attached hydrogen (secondary N) is 1. The molecule has 0 aromatic heterocycles. The van der Waals surface area contributed by atoms with Gasteiger partial charge in [-0.1, -0.05) is 6.07 Å². The number of aliphatic hydroxyl groups excluding tert-OH is 1. The molecular formula is C18H32NO6+. The van der Waals surface area contributed by atoms with Gasteiger partial charge in [0.15, 0.2) is 11.5 Å². The first-order valence-corrected chi connectivity index (χ1v) is 8.42. The lowest BCUT2D eigenvalue weighted by Gasteiger charge is -2.22. The van der Waals surface area contributed by atoms with E-state index in [1.54, 1.807) is 28.4 Å². The number of rotatable bonds is 14. The molecule has 25 heavy (non-hydrogen) atoms. The fraction of sp³-hybridized carbons (Fsp3) is 0.667. The predicted octanol–water partition coefficient (Wildman–Crippen LogP) is -0.241. The Morgan fingerprint density at radius 1 is 0.960 bits per heavy atom. The molecule has 0 saturated heterocycles. The van der Waals surface area contributed by atoms with E-state index in [2.05, 4.69) is 0 Å². The molecule has 7 heteroatoms. The van der Waals surface area contributed by atoms with E-state index >= 15 is 0 Å². The first-order valence-electron chi connectivity index (χ1n) is 8.42. The molecule has 0 aliphatic heterocycles. The van der Waals surface area contributed by atoms with Crippen molar-refractivity contribution in [2.75, 3.05) is 67.9 Å². The second kappa shape index (κ2) is 12.9. The van der Waals surface area contributed by atoms with Crippen molar-refractivity contribution in [3.8, 4) is 11.5 Å². The summed E-state index contributed by atoms with van der Waals surface area (Å²) in [4.78, 5) is 1.23. The minimum atomic E-state index is -0.538. The number of methoxy groups -OCH3 is 4. The smallest absolute Gasteiger partial charge is 0.161 e. The number of ether oxygens (including phenoxy) is 5. The Morgan fingerprint density at radius 3 is 2.16 bits per heavy atom. The van der Waals surface area contributed by atoms with E-state index in [1.165, 1.54) is 4.90 Å². The molecule has 1 atom stereocenters. The number of quaternary nitrogens is 1. The van der Waals surface area contributed by atoms with Crippen LogP contribution < -0.4 is 14.4 Å². The van der Waals surface area contributed by atoms with Gasteiger partial charge in [0.25, 0.3) is 0 Å². The lowest BCUT2D eigenvalue weighted by Crippen LogP contribution is -3.14. The van der Waals surface area contributed by atoms with Crippen LogP contribution in [0.3, 0.4) is 0 Å². The zero-order valence-corrected chi connectivity index (χ0v) is 15.7. The average Bonchev–Trinajstić information content (AvgIpc) is 2.63. The SMILES string of the molecule is COCC[NH+](CCOC)C[C@@H](O)COCc1ccc(OC)c(OC)c1. The van der Waals surface area contributed by atoms with Crippen LogP contribution in [0.25, 0.3) is 0 Å². The van der Waals surface area contributed by atoms with Crippen molar-refractivity contribution >= 4 is 0 Å². The Kier molecular flexibility index (Phi) is 11.2. The summed E-state index contributed by atoms with van der Waals surface area (Å²) in [6.45, 7) is 4.23. The fourth-order valence-electron chi connectivity index (χ4n) is 2.50. The second-order valence-electron chi connectivity index (χ2n) is 5.80. The highest BCUT2D eigenvalue weighted by Gasteiger charge is 2.15. The molecular weight excluding hydrogens is 326 g/mol. The van der Waals surface area contributed by atoms with Gasteiger partial charge in [-0.15, -0.1) is 0 Å². The minimum Gasteiger partial charge on any atom is -0.493 e. The van der Waals surface area contributed by atoms with Crippen LogP contribution in [-0.4, -0.2) is 79.1 Å². The Morgan fingerprint density at radius 2 is 1.60 bits per heavy atom. The molecule has 0 bridgehead atoms. The first-order chi connectivity index (χ1) is 12.1. The quantitative estimate of drug-likeness (QED) is 0.478. The lowest BCUT2D eigenvalue weighted by molar-refractivity contribution is -0.904. The van der Waals surface area contributed by atoms with Crippen LogP contribution in [0.4, 0.5) is 0 Å². The van der Waals surface area contributed by atoms with Crippen LogP contribution in [0.5, 0.6) is 11.5 Å². The van der Waals surface area contributed by atoms with Gasteiger partial charge < -0.3 is 33.7 Å². The van der Waals surface area contributed by atoms with E-state index in [-0.39, 0.29) is 6.61 Å². The van der Waals surface area contributed by atoms with Crippen molar-refractivity contribution in [1.82, 2.24) is 0 Å². The molecule has 0 radical (unpaired) electrons. The summed E-state index contributed by atoms with van der Waals surface area (Å²) in [5, 5.41) is 10.2. The molecule has 0 amide bonds. The average molecular weight is 358 g/mol. The van der Waals surface area contributed by atoms with Gasteiger partial charge in [-0.2, -0.15) is 0 Å². The highest BCUT2D eigenvalue weighted by atomic mass is 16.5. The van der Waals surface area contributed by atoms with Gasteiger partial charge >= 0.3 is 0 Å². The van der Waals surface area contributed by atoms with E-state index < -0.39 is 6.10 Å². The zero-order chi connectivity index (χ0) is 18.5.